The third-order valence-electron chi connectivity index (χ3n) is 1.39. The van der Waals surface area contributed by atoms with Crippen molar-refractivity contribution in [3.8, 4) is 0 Å². The largest absolute Gasteiger partial charge is 0.384 e. The summed E-state index contributed by atoms with van der Waals surface area (Å²) in [5.74, 6) is 0.568. The summed E-state index contributed by atoms with van der Waals surface area (Å²) in [5.41, 5.74) is 5.40. The molecule has 3 nitrogen and oxygen atoms in total. The zero-order valence-electron chi connectivity index (χ0n) is 11.1. The van der Waals surface area contributed by atoms with Crippen LogP contribution in [-0.4, -0.2) is 38.9 Å². The van der Waals surface area contributed by atoms with E-state index in [2.05, 4.69) is 11.8 Å². The van der Waals surface area contributed by atoms with Crippen molar-refractivity contribution in [2.24, 2.45) is 11.7 Å². The summed E-state index contributed by atoms with van der Waals surface area (Å²) in [4.78, 5) is 2.07. The number of nitrogens with two attached hydrogens (primary N) is 1. The van der Waals surface area contributed by atoms with Gasteiger partial charge in [0.25, 0.3) is 0 Å². The third-order valence-corrected chi connectivity index (χ3v) is 1.39. The average Bonchev–Trinajstić information content (AvgIpc) is 2.24. The van der Waals surface area contributed by atoms with E-state index in [9.17, 15) is 0 Å². The third kappa shape index (κ3) is 17.8. The van der Waals surface area contributed by atoms with Crippen molar-refractivity contribution in [1.29, 1.82) is 0 Å². The van der Waals surface area contributed by atoms with Crippen molar-refractivity contribution in [2.45, 2.75) is 34.6 Å². The van der Waals surface area contributed by atoms with Crippen LogP contribution in [0.3, 0.4) is 0 Å². The van der Waals surface area contributed by atoms with E-state index in [1.807, 2.05) is 34.7 Å². The van der Waals surface area contributed by atoms with Crippen molar-refractivity contribution in [3.63, 3.8) is 0 Å². The predicted molar refractivity (Wildman–Crippen MR) is 65.4 cm³/mol. The molecule has 0 aromatic heterocycles. The van der Waals surface area contributed by atoms with Gasteiger partial charge in [-0.3, -0.25) is 4.90 Å². The zero-order valence-corrected chi connectivity index (χ0v) is 11.1. The summed E-state index contributed by atoms with van der Waals surface area (Å²) in [6, 6.07) is 0. The van der Waals surface area contributed by atoms with Gasteiger partial charge in [0, 0.05) is 26.9 Å². The summed E-state index contributed by atoms with van der Waals surface area (Å²) in [5, 5.41) is 0. The number of methoxy groups -OCH3 is 1. The molecule has 3 heteroatoms. The maximum absolute atomic E-state index is 5.40. The minimum atomic E-state index is 0.568. The molecule has 0 aliphatic carbocycles. The molecule has 0 radical (unpaired) electrons. The summed E-state index contributed by atoms with van der Waals surface area (Å²) in [7, 11) is 3.73. The Morgan fingerprint density at radius 2 is 1.64 bits per heavy atom. The average molecular weight is 206 g/mol. The SMILES string of the molecule is CC.CC.COCC(C)CN(C)CN. The van der Waals surface area contributed by atoms with Gasteiger partial charge >= 0.3 is 0 Å². The lowest BCUT2D eigenvalue weighted by molar-refractivity contribution is 0.138. The van der Waals surface area contributed by atoms with Gasteiger partial charge in [0.05, 0.1) is 0 Å². The van der Waals surface area contributed by atoms with E-state index >= 15 is 0 Å². The molecule has 0 saturated heterocycles. The highest BCUT2D eigenvalue weighted by molar-refractivity contribution is 4.55. The van der Waals surface area contributed by atoms with Crippen molar-refractivity contribution in [1.82, 2.24) is 4.90 Å². The zero-order chi connectivity index (χ0) is 12.0. The molecule has 0 aliphatic rings. The second-order valence-corrected chi connectivity index (χ2v) is 2.78. The second kappa shape index (κ2) is 18.6. The minimum Gasteiger partial charge on any atom is -0.384 e. The highest BCUT2D eigenvalue weighted by atomic mass is 16.5. The molecular weight excluding hydrogens is 176 g/mol. The summed E-state index contributed by atoms with van der Waals surface area (Å²) in [6.45, 7) is 12.6. The highest BCUT2D eigenvalue weighted by Gasteiger charge is 2.03. The molecule has 0 aromatic rings. The standard InChI is InChI=1S/C7H18N2O.2C2H6/c1-7(5-10-3)4-9(2)6-8;2*1-2/h7H,4-6,8H2,1-3H3;2*1-2H3. The normalized spacial score (nSPS) is 10.9. The van der Waals surface area contributed by atoms with Gasteiger partial charge in [0.2, 0.25) is 0 Å². The Morgan fingerprint density at radius 1 is 1.21 bits per heavy atom. The molecule has 2 N–H and O–H groups in total. The molecule has 0 fully saturated rings. The molecule has 0 aliphatic heterocycles. The van der Waals surface area contributed by atoms with Crippen molar-refractivity contribution in [2.75, 3.05) is 34.0 Å². The van der Waals surface area contributed by atoms with Gasteiger partial charge in [0.1, 0.15) is 0 Å². The van der Waals surface area contributed by atoms with Crippen LogP contribution in [0, 0.1) is 5.92 Å². The molecular formula is C11H30N2O. The van der Waals surface area contributed by atoms with Gasteiger partial charge in [0.15, 0.2) is 0 Å². The Morgan fingerprint density at radius 3 is 1.93 bits per heavy atom. The smallest absolute Gasteiger partial charge is 0.0500 e. The Kier molecular flexibility index (Phi) is 25.9. The van der Waals surface area contributed by atoms with E-state index in [0.29, 0.717) is 12.6 Å². The molecule has 1 unspecified atom stereocenters. The molecule has 0 spiro atoms. The number of rotatable bonds is 5. The van der Waals surface area contributed by atoms with Crippen LogP contribution in [0.5, 0.6) is 0 Å². The van der Waals surface area contributed by atoms with Crippen LogP contribution >= 0.6 is 0 Å². The van der Waals surface area contributed by atoms with Crippen LogP contribution in [0.2, 0.25) is 0 Å². The van der Waals surface area contributed by atoms with Gasteiger partial charge in [-0.25, -0.2) is 0 Å². The maximum Gasteiger partial charge on any atom is 0.0500 e. The number of hydrogen-bond acceptors (Lipinski definition) is 3. The molecule has 0 aromatic carbocycles. The van der Waals surface area contributed by atoms with Crippen molar-refractivity contribution < 1.29 is 4.74 Å². The Balaban J connectivity index is -0.000000266. The van der Waals surface area contributed by atoms with Crippen molar-refractivity contribution >= 4 is 0 Å². The first-order valence-electron chi connectivity index (χ1n) is 5.58. The maximum atomic E-state index is 5.40. The molecule has 14 heavy (non-hydrogen) atoms. The fourth-order valence-corrected chi connectivity index (χ4v) is 0.944. The van der Waals surface area contributed by atoms with Gasteiger partial charge in [-0.1, -0.05) is 34.6 Å². The first-order chi connectivity index (χ1) is 6.70. The number of ether oxygens (including phenoxy) is 1. The highest BCUT2D eigenvalue weighted by Crippen LogP contribution is 1.96. The molecule has 0 bridgehead atoms. The quantitative estimate of drug-likeness (QED) is 0.701. The predicted octanol–water partition coefficient (Wildman–Crippen LogP) is 2.17. The first kappa shape index (κ1) is 19.5. The van der Waals surface area contributed by atoms with E-state index in [1.165, 1.54) is 0 Å². The lowest BCUT2D eigenvalue weighted by Crippen LogP contribution is -2.31. The molecule has 0 amide bonds. The van der Waals surface area contributed by atoms with Crippen LogP contribution < -0.4 is 5.73 Å². The summed E-state index contributed by atoms with van der Waals surface area (Å²) in [6.07, 6.45) is 0. The number of hydrogen-bond donors (Lipinski definition) is 1. The fourth-order valence-electron chi connectivity index (χ4n) is 0.944. The van der Waals surface area contributed by atoms with Crippen LogP contribution in [0.4, 0.5) is 0 Å². The topological polar surface area (TPSA) is 38.5 Å². The molecule has 0 rings (SSSR count). The van der Waals surface area contributed by atoms with Crippen molar-refractivity contribution in [3.05, 3.63) is 0 Å². The van der Waals surface area contributed by atoms with Gasteiger partial charge < -0.3 is 10.5 Å². The van der Waals surface area contributed by atoms with Crippen LogP contribution in [0.15, 0.2) is 0 Å². The lowest BCUT2D eigenvalue weighted by Gasteiger charge is -2.18. The Hall–Kier alpha value is -0.120. The van der Waals surface area contributed by atoms with Gasteiger partial charge in [-0.05, 0) is 13.0 Å². The lowest BCUT2D eigenvalue weighted by atomic mass is 10.2. The number of nitrogens with zero attached hydrogens (tertiary/aromatic N) is 1. The molecule has 90 valence electrons. The summed E-state index contributed by atoms with van der Waals surface area (Å²) < 4.78 is 4.98. The van der Waals surface area contributed by atoms with E-state index in [1.54, 1.807) is 7.11 Å². The van der Waals surface area contributed by atoms with Crippen LogP contribution in [-0.2, 0) is 4.74 Å². The van der Waals surface area contributed by atoms with Gasteiger partial charge in [-0.15, -0.1) is 0 Å². The molecule has 0 heterocycles. The van der Waals surface area contributed by atoms with E-state index in [0.717, 1.165) is 13.2 Å². The van der Waals surface area contributed by atoms with Gasteiger partial charge in [-0.2, -0.15) is 0 Å². The van der Waals surface area contributed by atoms with E-state index in [4.69, 9.17) is 10.5 Å². The first-order valence-corrected chi connectivity index (χ1v) is 5.58. The minimum absolute atomic E-state index is 0.568. The second-order valence-electron chi connectivity index (χ2n) is 2.78. The Bertz CT molecular complexity index is 79.7. The monoisotopic (exact) mass is 206 g/mol. The summed E-state index contributed by atoms with van der Waals surface area (Å²) >= 11 is 0. The fraction of sp³-hybridized carbons (Fsp3) is 1.00. The van der Waals surface area contributed by atoms with Crippen LogP contribution in [0.1, 0.15) is 34.6 Å². The Labute approximate surface area is 90.6 Å². The van der Waals surface area contributed by atoms with Crippen LogP contribution in [0.25, 0.3) is 0 Å². The van der Waals surface area contributed by atoms with E-state index < -0.39 is 0 Å². The van der Waals surface area contributed by atoms with E-state index in [-0.39, 0.29) is 0 Å². The molecule has 1 atom stereocenters. The molecule has 0 saturated carbocycles.